The molecule has 3 heterocycles. The van der Waals surface area contributed by atoms with E-state index in [0.717, 1.165) is 14.9 Å². The second-order valence-corrected chi connectivity index (χ2v) is 12.7. The summed E-state index contributed by atoms with van der Waals surface area (Å²) in [6, 6.07) is 11.9. The van der Waals surface area contributed by atoms with Gasteiger partial charge >= 0.3 is 24.0 Å². The van der Waals surface area contributed by atoms with Gasteiger partial charge in [0.15, 0.2) is 0 Å². The first-order chi connectivity index (χ1) is 23.8. The largest absolute Gasteiger partial charge is 0.592 e. The van der Waals surface area contributed by atoms with Gasteiger partial charge < -0.3 is 15.2 Å². The number of nitrogens with zero attached hydrogens (tertiary/aromatic N) is 7. The van der Waals surface area contributed by atoms with Gasteiger partial charge in [-0.15, -0.1) is 15.9 Å². The minimum atomic E-state index is -2.01. The Kier molecular flexibility index (Phi) is 12.4. The van der Waals surface area contributed by atoms with Gasteiger partial charge in [0.2, 0.25) is 11.7 Å². The van der Waals surface area contributed by atoms with Crippen molar-refractivity contribution in [1.82, 2.24) is 18.6 Å². The highest BCUT2D eigenvalue weighted by atomic mass is 35.5. The molecule has 0 saturated heterocycles. The number of hydrogen-bond donors (Lipinski definition) is 1. The predicted octanol–water partition coefficient (Wildman–Crippen LogP) is 3.59. The van der Waals surface area contributed by atoms with Crippen molar-refractivity contribution in [2.75, 3.05) is 53.4 Å². The van der Waals surface area contributed by atoms with E-state index >= 15 is 0 Å². The Morgan fingerprint density at radius 2 is 1.28 bits per heavy atom. The lowest BCUT2D eigenvalue weighted by atomic mass is 10.2. The van der Waals surface area contributed by atoms with Gasteiger partial charge in [-0.1, -0.05) is 36.4 Å². The van der Waals surface area contributed by atoms with Crippen LogP contribution in [0.25, 0.3) is 6.08 Å². The van der Waals surface area contributed by atoms with Crippen LogP contribution in [-0.2, 0) is 25.7 Å². The highest BCUT2D eigenvalue weighted by Gasteiger charge is 2.33. The highest BCUT2D eigenvalue weighted by molar-refractivity contribution is 7.93. The number of halogens is 1. The van der Waals surface area contributed by atoms with Crippen molar-refractivity contribution < 1.29 is 33.3 Å². The van der Waals surface area contributed by atoms with Crippen LogP contribution in [0.2, 0.25) is 0 Å². The van der Waals surface area contributed by atoms with Gasteiger partial charge in [-0.25, -0.2) is 14.4 Å². The van der Waals surface area contributed by atoms with Crippen molar-refractivity contribution in [3.05, 3.63) is 97.4 Å². The lowest BCUT2D eigenvalue weighted by Crippen LogP contribution is -2.42. The number of nitrogens with two attached hydrogens (primary N) is 1. The third kappa shape index (κ3) is 8.90. The van der Waals surface area contributed by atoms with E-state index < -0.39 is 47.1 Å². The fourth-order valence-electron chi connectivity index (χ4n) is 4.56. The zero-order valence-corrected chi connectivity index (χ0v) is 29.0. The minimum Gasteiger partial charge on any atom is -0.592 e. The summed E-state index contributed by atoms with van der Waals surface area (Å²) in [7, 11) is 4.52. The summed E-state index contributed by atoms with van der Waals surface area (Å²) >= 11 is 3.78. The zero-order chi connectivity index (χ0) is 36.5. The molecule has 0 radical (unpaired) electrons. The van der Waals surface area contributed by atoms with E-state index in [4.69, 9.17) is 17.3 Å². The highest BCUT2D eigenvalue weighted by Crippen LogP contribution is 2.23. The maximum atomic E-state index is 13.4. The van der Waals surface area contributed by atoms with Gasteiger partial charge in [0.05, 0.1) is 28.6 Å². The average Bonchev–Trinajstić information content (AvgIpc) is 3.90. The lowest BCUT2D eigenvalue weighted by molar-refractivity contribution is -0.132. The van der Waals surface area contributed by atoms with Crippen molar-refractivity contribution in [3.63, 3.8) is 0 Å². The molecule has 0 saturated carbocycles. The molecule has 0 spiro atoms. The van der Waals surface area contributed by atoms with Crippen molar-refractivity contribution in [2.45, 2.75) is 6.42 Å². The van der Waals surface area contributed by atoms with E-state index in [1.165, 1.54) is 94.3 Å². The molecule has 1 atom stereocenters. The SMILES string of the molecule is CN(CCC(N)=O)C(=O)n1ccc(N(C)C(=O)n2ccc(N(C)C(=O)n3ccc(N(C(=O)C(=O)/C=C/c4ccccc4)[S+]([O-])CCCl)c3)c2)c1. The monoisotopic (exact) mass is 722 g/mol. The fraction of sp³-hybridized carbons (Fsp3) is 0.212. The molecular weight excluding hydrogens is 688 g/mol. The summed E-state index contributed by atoms with van der Waals surface area (Å²) in [6.07, 6.45) is 11.0. The van der Waals surface area contributed by atoms with Gasteiger partial charge in [-0.05, 0) is 29.8 Å². The number of hydrogen-bond acceptors (Lipinski definition) is 7. The smallest absolute Gasteiger partial charge is 0.340 e. The van der Waals surface area contributed by atoms with Crippen molar-refractivity contribution in [2.24, 2.45) is 5.73 Å². The van der Waals surface area contributed by atoms with Crippen LogP contribution in [0, 0.1) is 0 Å². The third-order valence-corrected chi connectivity index (χ3v) is 9.13. The molecule has 0 fully saturated rings. The number of amides is 5. The van der Waals surface area contributed by atoms with Gasteiger partial charge in [0.25, 0.3) is 0 Å². The number of benzene rings is 1. The van der Waals surface area contributed by atoms with E-state index in [1.807, 2.05) is 6.07 Å². The molecule has 17 heteroatoms. The molecule has 0 aliphatic carbocycles. The Morgan fingerprint density at radius 1 is 0.780 bits per heavy atom. The molecule has 5 amide bonds. The summed E-state index contributed by atoms with van der Waals surface area (Å²) in [5.41, 5.74) is 6.65. The Morgan fingerprint density at radius 3 is 1.80 bits per heavy atom. The van der Waals surface area contributed by atoms with E-state index in [-0.39, 0.29) is 30.3 Å². The van der Waals surface area contributed by atoms with E-state index in [9.17, 15) is 33.3 Å². The van der Waals surface area contributed by atoms with Crippen LogP contribution in [0.5, 0.6) is 0 Å². The number of rotatable bonds is 12. The van der Waals surface area contributed by atoms with Crippen molar-refractivity contribution in [3.8, 4) is 0 Å². The summed E-state index contributed by atoms with van der Waals surface area (Å²) in [6.45, 7) is 0.134. The number of carbonyl (C=O) groups excluding carboxylic acids is 6. The molecule has 1 aromatic carbocycles. The predicted molar refractivity (Wildman–Crippen MR) is 191 cm³/mol. The van der Waals surface area contributed by atoms with Gasteiger partial charge in [-0.2, -0.15) is 0 Å². The molecule has 50 heavy (non-hydrogen) atoms. The third-order valence-electron chi connectivity index (χ3n) is 7.37. The first kappa shape index (κ1) is 37.2. The first-order valence-corrected chi connectivity index (χ1v) is 16.8. The van der Waals surface area contributed by atoms with Crippen LogP contribution in [0.4, 0.5) is 31.4 Å². The summed E-state index contributed by atoms with van der Waals surface area (Å²) in [4.78, 5) is 80.2. The number of primary amides is 1. The van der Waals surface area contributed by atoms with Crippen LogP contribution in [-0.4, -0.2) is 98.2 Å². The number of alkyl halides is 1. The molecular formula is C33H35ClN8O7S. The molecule has 0 bridgehead atoms. The van der Waals surface area contributed by atoms with E-state index in [0.29, 0.717) is 16.9 Å². The molecule has 4 aromatic rings. The molecule has 0 aliphatic rings. The maximum absolute atomic E-state index is 13.4. The Bertz CT molecular complexity index is 1900. The zero-order valence-electron chi connectivity index (χ0n) is 27.4. The molecule has 3 aromatic heterocycles. The van der Waals surface area contributed by atoms with E-state index in [2.05, 4.69) is 0 Å². The van der Waals surface area contributed by atoms with E-state index in [1.54, 1.807) is 36.4 Å². The van der Waals surface area contributed by atoms with Crippen LogP contribution in [0.3, 0.4) is 0 Å². The number of ketones is 1. The summed E-state index contributed by atoms with van der Waals surface area (Å²) in [5.74, 6) is -2.67. The molecule has 0 aliphatic heterocycles. The van der Waals surface area contributed by atoms with Crippen LogP contribution in [0.1, 0.15) is 12.0 Å². The Hall–Kier alpha value is -5.58. The topological polar surface area (TPSA) is 179 Å². The second-order valence-electron chi connectivity index (χ2n) is 10.9. The quantitative estimate of drug-likeness (QED) is 0.100. The van der Waals surface area contributed by atoms with Crippen LogP contribution in [0.15, 0.2) is 91.8 Å². The Labute approximate surface area is 296 Å². The van der Waals surface area contributed by atoms with Crippen LogP contribution >= 0.6 is 11.6 Å². The molecule has 4 rings (SSSR count). The van der Waals surface area contributed by atoms with Gasteiger partial charge in [0, 0.05) is 71.3 Å². The summed E-state index contributed by atoms with van der Waals surface area (Å²) < 4.78 is 17.5. The molecule has 1 unspecified atom stereocenters. The molecule has 15 nitrogen and oxygen atoms in total. The standard InChI is InChI=1S/C33H35ClN8O7S/c1-36(16-14-29(35)44)31(46)39-17-11-25(21-39)37(2)32(47)40-18-12-26(22-40)38(3)33(48)41-19-13-27(23-41)42(50(49)20-15-34)30(45)28(43)10-9-24-7-5-4-6-8-24/h4-13,17-19,21-23H,14-16,20H2,1-3H3,(H2,35,44)/b10-9+. The number of anilines is 3. The summed E-state index contributed by atoms with van der Waals surface area (Å²) in [5, 5.41) is 0. The van der Waals surface area contributed by atoms with Gasteiger partial charge in [0.1, 0.15) is 11.4 Å². The van der Waals surface area contributed by atoms with Crippen LogP contribution < -0.4 is 19.8 Å². The lowest BCUT2D eigenvalue weighted by Gasteiger charge is -2.21. The molecule has 262 valence electrons. The minimum absolute atomic E-state index is 0.00909. The normalized spacial score (nSPS) is 11.6. The average molecular weight is 723 g/mol. The molecule has 2 N–H and O–H groups in total. The van der Waals surface area contributed by atoms with Crippen molar-refractivity contribution in [1.29, 1.82) is 0 Å². The number of aromatic nitrogens is 3. The second kappa shape index (κ2) is 16.7. The Balaban J connectivity index is 1.45. The van der Waals surface area contributed by atoms with Crippen molar-refractivity contribution >= 4 is 81.8 Å². The fourth-order valence-corrected chi connectivity index (χ4v) is 5.89. The first-order valence-electron chi connectivity index (χ1n) is 15.0. The number of carbonyl (C=O) groups is 6. The maximum Gasteiger partial charge on any atom is 0.340 e. The van der Waals surface area contributed by atoms with Gasteiger partial charge in [-0.3, -0.25) is 37.9 Å².